The predicted octanol–water partition coefficient (Wildman–Crippen LogP) is 2.26. The van der Waals surface area contributed by atoms with Gasteiger partial charge in [-0.15, -0.1) is 0 Å². The molecule has 2 atom stereocenters. The molecule has 1 rings (SSSR count). The maximum absolute atomic E-state index is 12.8. The van der Waals surface area contributed by atoms with Gasteiger partial charge in [0.15, 0.2) is 0 Å². The van der Waals surface area contributed by atoms with Crippen LogP contribution in [0.25, 0.3) is 0 Å². The number of ether oxygens (including phenoxy) is 1. The van der Waals surface area contributed by atoms with Crippen molar-refractivity contribution in [1.82, 2.24) is 4.90 Å². The Kier molecular flexibility index (Phi) is 4.02. The third-order valence-corrected chi connectivity index (χ3v) is 2.66. The number of carboxylic acids is 1. The molecule has 0 spiro atoms. The van der Waals surface area contributed by atoms with Gasteiger partial charge in [-0.25, -0.2) is 4.79 Å². The predicted molar refractivity (Wildman–Crippen MR) is 58.5 cm³/mol. The molecule has 0 aromatic rings. The zero-order chi connectivity index (χ0) is 15.0. The first-order valence-electron chi connectivity index (χ1n) is 5.71. The fourth-order valence-electron chi connectivity index (χ4n) is 1.85. The monoisotopic (exact) mass is 283 g/mol. The summed E-state index contributed by atoms with van der Waals surface area (Å²) >= 11 is 0. The second-order valence-corrected chi connectivity index (χ2v) is 5.46. The number of likely N-dealkylation sites (tertiary alicyclic amines) is 1. The van der Waals surface area contributed by atoms with E-state index in [1.54, 1.807) is 0 Å². The molecule has 0 bridgehead atoms. The highest BCUT2D eigenvalue weighted by atomic mass is 19.4. The third kappa shape index (κ3) is 4.00. The van der Waals surface area contributed by atoms with Crippen molar-refractivity contribution in [3.05, 3.63) is 0 Å². The van der Waals surface area contributed by atoms with E-state index in [2.05, 4.69) is 0 Å². The highest BCUT2D eigenvalue weighted by molar-refractivity contribution is 5.74. The maximum atomic E-state index is 12.8. The van der Waals surface area contributed by atoms with E-state index in [-0.39, 0.29) is 0 Å². The second-order valence-electron chi connectivity index (χ2n) is 5.46. The molecule has 8 heteroatoms. The Morgan fingerprint density at radius 2 is 1.79 bits per heavy atom. The quantitative estimate of drug-likeness (QED) is 0.801. The Labute approximate surface area is 108 Å². The summed E-state index contributed by atoms with van der Waals surface area (Å²) in [6.45, 7) is 4.09. The van der Waals surface area contributed by atoms with Crippen molar-refractivity contribution in [2.75, 3.05) is 6.54 Å². The van der Waals surface area contributed by atoms with Crippen LogP contribution in [0.4, 0.5) is 18.0 Å². The van der Waals surface area contributed by atoms with Gasteiger partial charge in [0.1, 0.15) is 11.6 Å². The van der Waals surface area contributed by atoms with Gasteiger partial charge < -0.3 is 9.84 Å². The summed E-state index contributed by atoms with van der Waals surface area (Å²) in [7, 11) is 0. The highest BCUT2D eigenvalue weighted by Gasteiger charge is 2.53. The average Bonchev–Trinajstić information content (AvgIpc) is 2.57. The van der Waals surface area contributed by atoms with Crippen molar-refractivity contribution in [3.63, 3.8) is 0 Å². The van der Waals surface area contributed by atoms with Crippen LogP contribution in [0.2, 0.25) is 0 Å². The summed E-state index contributed by atoms with van der Waals surface area (Å²) in [5.74, 6) is -2.57. The molecule has 0 aliphatic carbocycles. The summed E-state index contributed by atoms with van der Waals surface area (Å²) < 4.78 is 43.3. The van der Waals surface area contributed by atoms with Crippen molar-refractivity contribution in [1.29, 1.82) is 0 Å². The molecule has 1 saturated heterocycles. The molecule has 0 saturated carbocycles. The Morgan fingerprint density at radius 3 is 2.16 bits per heavy atom. The van der Waals surface area contributed by atoms with Crippen molar-refractivity contribution < 1.29 is 32.6 Å². The van der Waals surface area contributed by atoms with Gasteiger partial charge in [0.05, 0.1) is 5.92 Å². The number of carbonyl (C=O) groups is 2. The van der Waals surface area contributed by atoms with Crippen LogP contribution in [0.5, 0.6) is 0 Å². The number of nitrogens with zero attached hydrogens (tertiary/aromatic N) is 1. The van der Waals surface area contributed by atoms with Crippen molar-refractivity contribution in [2.45, 2.75) is 45.0 Å². The Balaban J connectivity index is 2.89. The van der Waals surface area contributed by atoms with Crippen LogP contribution >= 0.6 is 0 Å². The number of hydrogen-bond donors (Lipinski definition) is 1. The summed E-state index contributed by atoms with van der Waals surface area (Å²) in [6.07, 6.45) is -6.45. The fourth-order valence-corrected chi connectivity index (χ4v) is 1.85. The first-order valence-corrected chi connectivity index (χ1v) is 5.71. The Bertz CT molecular complexity index is 375. The molecule has 2 unspecified atom stereocenters. The molecule has 0 aromatic heterocycles. The molecular formula is C11H16F3NO4. The van der Waals surface area contributed by atoms with E-state index in [0.717, 1.165) is 0 Å². The lowest BCUT2D eigenvalue weighted by atomic mass is 10.1. The van der Waals surface area contributed by atoms with Crippen LogP contribution in [-0.2, 0) is 9.53 Å². The van der Waals surface area contributed by atoms with E-state index in [0.29, 0.717) is 4.90 Å². The van der Waals surface area contributed by atoms with Crippen LogP contribution in [0.15, 0.2) is 0 Å². The van der Waals surface area contributed by atoms with Gasteiger partial charge >= 0.3 is 18.2 Å². The lowest BCUT2D eigenvalue weighted by Gasteiger charge is -2.29. The summed E-state index contributed by atoms with van der Waals surface area (Å²) in [5, 5.41) is 8.78. The lowest BCUT2D eigenvalue weighted by Crippen LogP contribution is -2.46. The minimum absolute atomic E-state index is 0.448. The normalized spacial score (nSPS) is 24.4. The molecule has 5 nitrogen and oxygen atoms in total. The number of amides is 1. The van der Waals surface area contributed by atoms with E-state index in [1.807, 2.05) is 0 Å². The van der Waals surface area contributed by atoms with Crippen molar-refractivity contribution >= 4 is 12.1 Å². The van der Waals surface area contributed by atoms with Crippen LogP contribution in [0.3, 0.4) is 0 Å². The number of rotatable bonds is 1. The molecule has 0 radical (unpaired) electrons. The molecule has 1 amide bonds. The zero-order valence-corrected chi connectivity index (χ0v) is 10.8. The molecule has 1 fully saturated rings. The fraction of sp³-hybridized carbons (Fsp3) is 0.818. The average molecular weight is 283 g/mol. The van der Waals surface area contributed by atoms with Crippen LogP contribution in [0.1, 0.15) is 27.2 Å². The summed E-state index contributed by atoms with van der Waals surface area (Å²) in [4.78, 5) is 22.9. The van der Waals surface area contributed by atoms with Gasteiger partial charge in [-0.05, 0) is 27.2 Å². The zero-order valence-electron chi connectivity index (χ0n) is 10.8. The van der Waals surface area contributed by atoms with Crippen LogP contribution in [0, 0.1) is 5.92 Å². The number of halogens is 3. The molecule has 0 aromatic carbocycles. The topological polar surface area (TPSA) is 66.8 Å². The van der Waals surface area contributed by atoms with E-state index < -0.39 is 48.8 Å². The molecular weight excluding hydrogens is 267 g/mol. The SMILES string of the molecule is CC(C)(C)OC(=O)N1CC(C(=O)O)CC1C(F)(F)F. The Morgan fingerprint density at radius 1 is 1.26 bits per heavy atom. The Hall–Kier alpha value is -1.47. The second kappa shape index (κ2) is 4.90. The molecule has 110 valence electrons. The first kappa shape index (κ1) is 15.6. The number of aliphatic carboxylic acids is 1. The first-order chi connectivity index (χ1) is 8.42. The van der Waals surface area contributed by atoms with Crippen molar-refractivity contribution in [2.24, 2.45) is 5.92 Å². The highest BCUT2D eigenvalue weighted by Crippen LogP contribution is 2.36. The third-order valence-electron chi connectivity index (χ3n) is 2.66. The molecule has 1 heterocycles. The van der Waals surface area contributed by atoms with E-state index in [1.165, 1.54) is 20.8 Å². The molecule has 1 aliphatic heterocycles. The largest absolute Gasteiger partial charge is 0.481 e. The van der Waals surface area contributed by atoms with Gasteiger partial charge in [0, 0.05) is 6.54 Å². The smallest absolute Gasteiger partial charge is 0.410 e. The standard InChI is InChI=1S/C11H16F3NO4/c1-10(2,3)19-9(18)15-5-6(8(16)17)4-7(15)11(12,13)14/h6-7H,4-5H2,1-3H3,(H,16,17). The minimum Gasteiger partial charge on any atom is -0.481 e. The van der Waals surface area contributed by atoms with Crippen molar-refractivity contribution in [3.8, 4) is 0 Å². The maximum Gasteiger partial charge on any atom is 0.410 e. The van der Waals surface area contributed by atoms with Gasteiger partial charge in [0.2, 0.25) is 0 Å². The van der Waals surface area contributed by atoms with E-state index >= 15 is 0 Å². The summed E-state index contributed by atoms with van der Waals surface area (Å²) in [5.41, 5.74) is -0.936. The molecule has 1 aliphatic rings. The van der Waals surface area contributed by atoms with Crippen LogP contribution in [-0.4, -0.2) is 46.4 Å². The van der Waals surface area contributed by atoms with Gasteiger partial charge in [-0.3, -0.25) is 9.69 Å². The number of alkyl halides is 3. The lowest BCUT2D eigenvalue weighted by molar-refractivity contribution is -0.173. The number of carboxylic acid groups (broad SMARTS) is 1. The van der Waals surface area contributed by atoms with Gasteiger partial charge in [0.25, 0.3) is 0 Å². The molecule has 1 N–H and O–H groups in total. The summed E-state index contributed by atoms with van der Waals surface area (Å²) in [6, 6.07) is -2.11. The van der Waals surface area contributed by atoms with E-state index in [4.69, 9.17) is 9.84 Å². The minimum atomic E-state index is -4.67. The van der Waals surface area contributed by atoms with Gasteiger partial charge in [-0.1, -0.05) is 0 Å². The molecule has 19 heavy (non-hydrogen) atoms. The van der Waals surface area contributed by atoms with E-state index in [9.17, 15) is 22.8 Å². The number of carbonyl (C=O) groups excluding carboxylic acids is 1. The van der Waals surface area contributed by atoms with Crippen LogP contribution < -0.4 is 0 Å². The van der Waals surface area contributed by atoms with Gasteiger partial charge in [-0.2, -0.15) is 13.2 Å². The number of hydrogen-bond acceptors (Lipinski definition) is 3.